The second-order valence-corrected chi connectivity index (χ2v) is 0.224. The van der Waals surface area contributed by atoms with Crippen molar-refractivity contribution in [2.75, 3.05) is 0 Å². The van der Waals surface area contributed by atoms with Crippen molar-refractivity contribution >= 4 is 58.2 Å². The Kier molecular flexibility index (Phi) is 28.0. The molecule has 0 radical (unpaired) electrons. The van der Waals surface area contributed by atoms with Crippen molar-refractivity contribution in [1.82, 2.24) is 0 Å². The summed E-state index contributed by atoms with van der Waals surface area (Å²) in [6, 6.07) is 0. The molecule has 0 aliphatic carbocycles. The van der Waals surface area contributed by atoms with Crippen LogP contribution in [0, 0.1) is 15.3 Å². The zero-order chi connectivity index (χ0) is 3.58. The molecule has 0 aliphatic rings. The molecule has 0 aromatic carbocycles. The topological polar surface area (TPSA) is 66.2 Å². The van der Waals surface area contributed by atoms with Gasteiger partial charge in [-0.15, -0.1) is 0 Å². The Balaban J connectivity index is -0.0000000450. The van der Waals surface area contributed by atoms with Crippen LogP contribution >= 0.6 is 0 Å². The summed E-state index contributed by atoms with van der Waals surface area (Å²) in [7, 11) is 0. The number of hydrogen-bond acceptors (Lipinski definition) is 3. The molecule has 26 valence electrons. The van der Waals surface area contributed by atoms with Crippen molar-refractivity contribution in [3.8, 4) is 0 Å². The Bertz CT molecular complexity index is 33.8. The molecular formula is HKNO3Rb. The summed E-state index contributed by atoms with van der Waals surface area (Å²) in [6.45, 7) is 0. The molecular weight excluding hydrogens is 187 g/mol. The zero-order valence-electron chi connectivity index (χ0n) is 2.67. The fraction of sp³-hybridized carbons (Fsp3) is 0. The Morgan fingerprint density at radius 1 is 1.33 bits per heavy atom. The molecule has 0 N–H and O–H groups in total. The van der Waals surface area contributed by atoms with Crippen LogP contribution in [-0.2, 0) is 0 Å². The van der Waals surface area contributed by atoms with E-state index in [-0.39, 0.29) is 110 Å². The van der Waals surface area contributed by atoms with Crippen molar-refractivity contribution in [2.45, 2.75) is 0 Å². The van der Waals surface area contributed by atoms with E-state index in [1.807, 2.05) is 0 Å². The molecule has 4 nitrogen and oxygen atoms in total. The van der Waals surface area contributed by atoms with Gasteiger partial charge in [-0.25, -0.2) is 0 Å². The van der Waals surface area contributed by atoms with E-state index >= 15 is 0 Å². The Morgan fingerprint density at radius 2 is 1.33 bits per heavy atom. The summed E-state index contributed by atoms with van der Waals surface area (Å²) < 4.78 is 0. The van der Waals surface area contributed by atoms with Gasteiger partial charge in [0, 0.05) is 0 Å². The average molecular weight is 188 g/mol. The first-order valence-electron chi connectivity index (χ1n) is 0.548. The van der Waals surface area contributed by atoms with Crippen molar-refractivity contribution < 1.29 is 56.5 Å². The van der Waals surface area contributed by atoms with Crippen LogP contribution in [0.1, 0.15) is 0 Å². The first kappa shape index (κ1) is 15.9. The van der Waals surface area contributed by atoms with Gasteiger partial charge < -0.3 is 15.3 Å². The van der Waals surface area contributed by atoms with Crippen molar-refractivity contribution in [1.29, 1.82) is 0 Å². The van der Waals surface area contributed by atoms with Gasteiger partial charge in [-0.2, -0.15) is 0 Å². The molecule has 0 atom stereocenters. The van der Waals surface area contributed by atoms with Gasteiger partial charge >= 0.3 is 110 Å². The maximum atomic E-state index is 8.25. The van der Waals surface area contributed by atoms with Crippen molar-refractivity contribution in [3.63, 3.8) is 0 Å². The summed E-state index contributed by atoms with van der Waals surface area (Å²) in [5, 5.41) is 14.8. The summed E-state index contributed by atoms with van der Waals surface area (Å²) in [5.74, 6) is 0. The van der Waals surface area contributed by atoms with Crippen molar-refractivity contribution in [3.05, 3.63) is 15.3 Å². The van der Waals surface area contributed by atoms with E-state index in [1.54, 1.807) is 0 Å². The number of rotatable bonds is 0. The molecule has 0 amide bonds. The minimum atomic E-state index is -1.75. The molecule has 0 rings (SSSR count). The van der Waals surface area contributed by atoms with Gasteiger partial charge in [0.1, 0.15) is 0 Å². The van der Waals surface area contributed by atoms with Crippen LogP contribution < -0.4 is 51.4 Å². The summed E-state index contributed by atoms with van der Waals surface area (Å²) in [6.07, 6.45) is 0. The quantitative estimate of drug-likeness (QED) is 0.221. The van der Waals surface area contributed by atoms with Gasteiger partial charge in [0.15, 0.2) is 0 Å². The third kappa shape index (κ3) is 30.3. The molecule has 0 saturated carbocycles. The Morgan fingerprint density at radius 3 is 1.33 bits per heavy atom. The molecule has 0 saturated heterocycles. The van der Waals surface area contributed by atoms with Crippen LogP contribution in [0.3, 0.4) is 0 Å². The van der Waals surface area contributed by atoms with Gasteiger partial charge in [-0.3, -0.25) is 0 Å². The number of hydrogen-bond donors (Lipinski definition) is 0. The Labute approximate surface area is 126 Å². The SMILES string of the molecule is O=[N+]([O-])[O-].[K+].[RbH]. The van der Waals surface area contributed by atoms with Crippen molar-refractivity contribution in [2.24, 2.45) is 0 Å². The van der Waals surface area contributed by atoms with E-state index in [9.17, 15) is 0 Å². The average Bonchev–Trinajstić information content (AvgIpc) is 0.811. The van der Waals surface area contributed by atoms with E-state index in [4.69, 9.17) is 15.3 Å². The first-order valence-corrected chi connectivity index (χ1v) is 0.548. The van der Waals surface area contributed by atoms with E-state index < -0.39 is 5.09 Å². The molecule has 0 aromatic heterocycles. The van der Waals surface area contributed by atoms with Crippen LogP contribution in [0.2, 0.25) is 0 Å². The summed E-state index contributed by atoms with van der Waals surface area (Å²) in [4.78, 5) is 8.25. The van der Waals surface area contributed by atoms with E-state index in [1.165, 1.54) is 0 Å². The fourth-order valence-electron chi connectivity index (χ4n) is 0. The molecule has 0 spiro atoms. The maximum absolute atomic E-state index is 8.25. The van der Waals surface area contributed by atoms with Crippen LogP contribution in [-0.4, -0.2) is 63.3 Å². The third-order valence-electron chi connectivity index (χ3n) is 0. The summed E-state index contributed by atoms with van der Waals surface area (Å²) in [5.41, 5.74) is 0. The first-order chi connectivity index (χ1) is 1.73. The number of nitrogens with zero attached hydrogens (tertiary/aromatic N) is 1. The van der Waals surface area contributed by atoms with Gasteiger partial charge in [-0.05, 0) is 0 Å². The third-order valence-corrected chi connectivity index (χ3v) is 0. The fourth-order valence-corrected chi connectivity index (χ4v) is 0. The minimum absolute atomic E-state index is 0. The second-order valence-electron chi connectivity index (χ2n) is 0.224. The van der Waals surface area contributed by atoms with E-state index in [0.29, 0.717) is 0 Å². The van der Waals surface area contributed by atoms with Crippen LogP contribution in [0.15, 0.2) is 0 Å². The Hall–Kier alpha value is 2.64. The molecule has 0 aliphatic heterocycles. The summed E-state index contributed by atoms with van der Waals surface area (Å²) >= 11 is 0. The standard InChI is InChI=1S/K.NO3.Rb.H/c;2-1(3)4;;/q+1;-1;;. The predicted octanol–water partition coefficient (Wildman–Crippen LogP) is -3.88. The van der Waals surface area contributed by atoms with Gasteiger partial charge in [0.25, 0.3) is 0 Å². The van der Waals surface area contributed by atoms with Gasteiger partial charge in [-0.1, -0.05) is 0 Å². The van der Waals surface area contributed by atoms with Crippen LogP contribution in [0.5, 0.6) is 0 Å². The monoisotopic (exact) mass is 187 g/mol. The molecule has 6 heteroatoms. The zero-order valence-corrected chi connectivity index (χ0v) is 5.80. The molecule has 0 fully saturated rings. The van der Waals surface area contributed by atoms with Gasteiger partial charge in [0.2, 0.25) is 0 Å². The van der Waals surface area contributed by atoms with Crippen LogP contribution in [0.4, 0.5) is 0 Å². The van der Waals surface area contributed by atoms with Crippen LogP contribution in [0.25, 0.3) is 0 Å². The van der Waals surface area contributed by atoms with Gasteiger partial charge in [0.05, 0.1) is 5.09 Å². The second kappa shape index (κ2) is 10.6. The van der Waals surface area contributed by atoms with E-state index in [2.05, 4.69) is 0 Å². The molecule has 0 aromatic rings. The molecule has 6 heavy (non-hydrogen) atoms. The normalized spacial score (nSPS) is 4.00. The van der Waals surface area contributed by atoms with E-state index in [0.717, 1.165) is 0 Å². The molecule has 0 unspecified atom stereocenters. The molecule has 0 bridgehead atoms. The predicted molar refractivity (Wildman–Crippen MR) is 17.5 cm³/mol. The molecule has 0 heterocycles.